The van der Waals surface area contributed by atoms with E-state index in [0.29, 0.717) is 0 Å². The van der Waals surface area contributed by atoms with Crippen LogP contribution in [-0.4, -0.2) is 49.1 Å². The molecular formula is C4H9NaO2. The van der Waals surface area contributed by atoms with Crippen molar-refractivity contribution >= 4 is 29.6 Å². The predicted molar refractivity (Wildman–Crippen MR) is 28.5 cm³/mol. The molecule has 2 nitrogen and oxygen atoms in total. The summed E-state index contributed by atoms with van der Waals surface area (Å²) in [5, 5.41) is 0. The van der Waals surface area contributed by atoms with Crippen LogP contribution in [0.5, 0.6) is 0 Å². The molecule has 0 amide bonds. The van der Waals surface area contributed by atoms with E-state index in [-0.39, 0.29) is 35.8 Å². The van der Waals surface area contributed by atoms with Crippen LogP contribution in [0.1, 0.15) is 6.92 Å². The van der Waals surface area contributed by atoms with E-state index in [2.05, 4.69) is 0 Å². The van der Waals surface area contributed by atoms with Gasteiger partial charge in [0.15, 0.2) is 6.29 Å². The molecule has 1 unspecified atom stereocenters. The molecule has 0 radical (unpaired) electrons. The van der Waals surface area contributed by atoms with Crippen molar-refractivity contribution in [1.82, 2.24) is 0 Å². The van der Waals surface area contributed by atoms with Crippen LogP contribution in [0, 0.1) is 0 Å². The van der Waals surface area contributed by atoms with Gasteiger partial charge in [0.1, 0.15) is 6.61 Å². The second-order valence-corrected chi connectivity index (χ2v) is 1.22. The number of ether oxygens (including phenoxy) is 2. The van der Waals surface area contributed by atoms with Crippen molar-refractivity contribution in [3.63, 3.8) is 0 Å². The fourth-order valence-corrected chi connectivity index (χ4v) is 0.321. The molecule has 0 aliphatic carbocycles. The number of hydrogen-bond donors (Lipinski definition) is 0. The van der Waals surface area contributed by atoms with Crippen molar-refractivity contribution in [2.75, 3.05) is 13.2 Å². The maximum absolute atomic E-state index is 4.93. The first-order chi connectivity index (χ1) is 2.93. The molecule has 1 saturated heterocycles. The second kappa shape index (κ2) is 3.87. The van der Waals surface area contributed by atoms with Crippen LogP contribution in [0.4, 0.5) is 0 Å². The van der Waals surface area contributed by atoms with Gasteiger partial charge >= 0.3 is 29.6 Å². The summed E-state index contributed by atoms with van der Waals surface area (Å²) in [6.45, 7) is 3.53. The Bertz CT molecular complexity index is 45.0. The van der Waals surface area contributed by atoms with E-state index in [1.54, 1.807) is 0 Å². The van der Waals surface area contributed by atoms with E-state index < -0.39 is 0 Å². The van der Waals surface area contributed by atoms with Crippen molar-refractivity contribution in [1.29, 1.82) is 0 Å². The first-order valence-corrected chi connectivity index (χ1v) is 2.16. The third kappa shape index (κ3) is 3.50. The predicted octanol–water partition coefficient (Wildman–Crippen LogP) is -0.269. The second-order valence-electron chi connectivity index (χ2n) is 1.22. The molecule has 0 N–H and O–H groups in total. The van der Waals surface area contributed by atoms with Gasteiger partial charge < -0.3 is 9.47 Å². The first kappa shape index (κ1) is 7.92. The van der Waals surface area contributed by atoms with Gasteiger partial charge in [-0.1, -0.05) is 0 Å². The monoisotopic (exact) mass is 112 g/mol. The zero-order valence-corrected chi connectivity index (χ0v) is 3.81. The molecule has 1 rings (SSSR count). The summed E-state index contributed by atoms with van der Waals surface area (Å²) in [7, 11) is 0. The molecule has 1 aliphatic rings. The summed E-state index contributed by atoms with van der Waals surface area (Å²) in [6.07, 6.45) is 0.148. The molecule has 0 aromatic carbocycles. The van der Waals surface area contributed by atoms with Crippen LogP contribution >= 0.6 is 0 Å². The molecule has 0 saturated carbocycles. The van der Waals surface area contributed by atoms with E-state index >= 15 is 0 Å². The average Bonchev–Trinajstić information content (AvgIpc) is 2.21. The van der Waals surface area contributed by atoms with Gasteiger partial charge in [0.25, 0.3) is 0 Å². The summed E-state index contributed by atoms with van der Waals surface area (Å²) in [4.78, 5) is 0. The quantitative estimate of drug-likeness (QED) is 0.362. The summed E-state index contributed by atoms with van der Waals surface area (Å²) in [6, 6.07) is 0. The van der Waals surface area contributed by atoms with Crippen LogP contribution in [0.3, 0.4) is 0 Å². The molecule has 7 heavy (non-hydrogen) atoms. The molecule has 1 aliphatic heterocycles. The van der Waals surface area contributed by atoms with Crippen LogP contribution < -0.4 is 0 Å². The Labute approximate surface area is 65.5 Å². The number of hydrogen-bond acceptors (Lipinski definition) is 2. The summed E-state index contributed by atoms with van der Waals surface area (Å²) >= 11 is 0. The number of epoxide rings is 1. The normalized spacial score (nSPS) is 26.1. The Morgan fingerprint density at radius 1 is 1.86 bits per heavy atom. The zero-order chi connectivity index (χ0) is 4.41. The molecule has 0 bridgehead atoms. The van der Waals surface area contributed by atoms with E-state index in [0.717, 1.165) is 13.2 Å². The Morgan fingerprint density at radius 2 is 2.43 bits per heavy atom. The third-order valence-corrected chi connectivity index (χ3v) is 0.655. The fraction of sp³-hybridized carbons (Fsp3) is 1.00. The van der Waals surface area contributed by atoms with E-state index in [9.17, 15) is 0 Å². The first-order valence-electron chi connectivity index (χ1n) is 2.16. The maximum atomic E-state index is 4.93. The zero-order valence-electron chi connectivity index (χ0n) is 3.81. The van der Waals surface area contributed by atoms with E-state index in [4.69, 9.17) is 9.47 Å². The van der Waals surface area contributed by atoms with Gasteiger partial charge in [-0.05, 0) is 6.92 Å². The third-order valence-electron chi connectivity index (χ3n) is 0.655. The van der Waals surface area contributed by atoms with Crippen molar-refractivity contribution in [3.8, 4) is 0 Å². The molecule has 0 spiro atoms. The SMILES string of the molecule is CCOC1CO1.[NaH]. The molecule has 1 heterocycles. The fourth-order valence-electron chi connectivity index (χ4n) is 0.321. The van der Waals surface area contributed by atoms with Crippen LogP contribution in [0.2, 0.25) is 0 Å². The minimum atomic E-state index is 0. The van der Waals surface area contributed by atoms with Gasteiger partial charge in [0.05, 0.1) is 0 Å². The molecule has 38 valence electrons. The van der Waals surface area contributed by atoms with Gasteiger partial charge in [-0.25, -0.2) is 0 Å². The van der Waals surface area contributed by atoms with Gasteiger partial charge in [0.2, 0.25) is 0 Å². The molecule has 0 aromatic heterocycles. The summed E-state index contributed by atoms with van der Waals surface area (Å²) in [5.74, 6) is 0. The summed E-state index contributed by atoms with van der Waals surface area (Å²) in [5.41, 5.74) is 0. The van der Waals surface area contributed by atoms with Crippen molar-refractivity contribution < 1.29 is 9.47 Å². The van der Waals surface area contributed by atoms with Gasteiger partial charge in [-0.15, -0.1) is 0 Å². The van der Waals surface area contributed by atoms with Crippen LogP contribution in [0.15, 0.2) is 0 Å². The Hall–Kier alpha value is 0.920. The van der Waals surface area contributed by atoms with Crippen LogP contribution in [-0.2, 0) is 9.47 Å². The average molecular weight is 112 g/mol. The van der Waals surface area contributed by atoms with Crippen molar-refractivity contribution in [2.45, 2.75) is 13.2 Å². The van der Waals surface area contributed by atoms with Crippen molar-refractivity contribution in [2.24, 2.45) is 0 Å². The molecule has 0 aromatic rings. The molecule has 1 atom stereocenters. The van der Waals surface area contributed by atoms with Gasteiger partial charge in [-0.2, -0.15) is 0 Å². The standard InChI is InChI=1S/C4H8O2.Na.H/c1-2-5-4-3-6-4;;/h4H,2-3H2,1H3;;. The number of rotatable bonds is 2. The Kier molecular flexibility index (Phi) is 4.37. The van der Waals surface area contributed by atoms with E-state index in [1.807, 2.05) is 6.92 Å². The summed E-state index contributed by atoms with van der Waals surface area (Å²) < 4.78 is 9.66. The van der Waals surface area contributed by atoms with Crippen molar-refractivity contribution in [3.05, 3.63) is 0 Å². The topological polar surface area (TPSA) is 21.8 Å². The van der Waals surface area contributed by atoms with Gasteiger partial charge in [0, 0.05) is 6.61 Å². The molecule has 3 heteroatoms. The van der Waals surface area contributed by atoms with Gasteiger partial charge in [-0.3, -0.25) is 0 Å². The van der Waals surface area contributed by atoms with Crippen LogP contribution in [0.25, 0.3) is 0 Å². The molecule has 1 fully saturated rings. The Morgan fingerprint density at radius 3 is 2.57 bits per heavy atom. The molecular weight excluding hydrogens is 103 g/mol. The minimum absolute atomic E-state index is 0. The van der Waals surface area contributed by atoms with E-state index in [1.165, 1.54) is 0 Å². The Balaban J connectivity index is 0.000000360.